The van der Waals surface area contributed by atoms with E-state index in [1.807, 2.05) is 0 Å². The molecule has 0 aromatic heterocycles. The first kappa shape index (κ1) is 13.6. The Morgan fingerprint density at radius 1 is 1.35 bits per heavy atom. The normalized spacial score (nSPS) is 16.4. The van der Waals surface area contributed by atoms with Gasteiger partial charge in [0.25, 0.3) is 0 Å². The largest absolute Gasteiger partial charge is 0.481 e. The van der Waals surface area contributed by atoms with Gasteiger partial charge in [-0.2, -0.15) is 0 Å². The maximum absolute atomic E-state index is 13.6. The first-order valence-electron chi connectivity index (χ1n) is 5.09. The van der Waals surface area contributed by atoms with Crippen molar-refractivity contribution in [1.82, 2.24) is 0 Å². The van der Waals surface area contributed by atoms with Crippen molar-refractivity contribution in [2.75, 3.05) is 0 Å². The molecule has 0 amide bonds. The molecule has 94 valence electrons. The Morgan fingerprint density at radius 2 is 1.88 bits per heavy atom. The smallest absolute Gasteiger partial charge is 0.309 e. The molecular formula is C12H14F2O3. The van der Waals surface area contributed by atoms with Crippen LogP contribution in [0.5, 0.6) is 0 Å². The van der Waals surface area contributed by atoms with Crippen LogP contribution in [0.2, 0.25) is 0 Å². The fraction of sp³-hybridized carbons (Fsp3) is 0.417. The van der Waals surface area contributed by atoms with Gasteiger partial charge in [-0.1, -0.05) is 0 Å². The second kappa shape index (κ2) is 4.41. The quantitative estimate of drug-likeness (QED) is 0.857. The summed E-state index contributed by atoms with van der Waals surface area (Å²) < 4.78 is 27.0. The van der Waals surface area contributed by atoms with Crippen molar-refractivity contribution >= 4 is 5.97 Å². The van der Waals surface area contributed by atoms with Crippen molar-refractivity contribution < 1.29 is 23.8 Å². The van der Waals surface area contributed by atoms with Crippen molar-refractivity contribution in [3.8, 4) is 0 Å². The Balaban J connectivity index is 3.33. The van der Waals surface area contributed by atoms with E-state index in [-0.39, 0.29) is 11.1 Å². The third-order valence-electron chi connectivity index (χ3n) is 3.01. The molecule has 2 unspecified atom stereocenters. The van der Waals surface area contributed by atoms with E-state index in [9.17, 15) is 18.7 Å². The summed E-state index contributed by atoms with van der Waals surface area (Å²) in [6, 6.07) is 1.78. The first-order chi connectivity index (χ1) is 7.67. The average molecular weight is 244 g/mol. The number of halogens is 2. The second-order valence-corrected chi connectivity index (χ2v) is 4.29. The van der Waals surface area contributed by atoms with Crippen LogP contribution < -0.4 is 0 Å². The van der Waals surface area contributed by atoms with Crippen molar-refractivity contribution in [2.45, 2.75) is 26.4 Å². The van der Waals surface area contributed by atoms with Gasteiger partial charge in [-0.3, -0.25) is 4.79 Å². The first-order valence-corrected chi connectivity index (χ1v) is 5.09. The van der Waals surface area contributed by atoms with Crippen LogP contribution >= 0.6 is 0 Å². The highest BCUT2D eigenvalue weighted by Crippen LogP contribution is 2.32. The molecule has 0 aliphatic carbocycles. The SMILES string of the molecule is Cc1cc(F)c(C(C)(O)C(C)C(=O)O)cc1F. The van der Waals surface area contributed by atoms with Crippen LogP contribution in [0.15, 0.2) is 12.1 Å². The molecular weight excluding hydrogens is 230 g/mol. The highest BCUT2D eigenvalue weighted by Gasteiger charge is 2.38. The molecule has 0 saturated carbocycles. The summed E-state index contributed by atoms with van der Waals surface area (Å²) in [5, 5.41) is 18.9. The summed E-state index contributed by atoms with van der Waals surface area (Å²) in [6.45, 7) is 3.77. The van der Waals surface area contributed by atoms with Gasteiger partial charge < -0.3 is 10.2 Å². The van der Waals surface area contributed by atoms with Crippen molar-refractivity contribution in [3.63, 3.8) is 0 Å². The number of carboxylic acids is 1. The van der Waals surface area contributed by atoms with E-state index in [0.717, 1.165) is 19.1 Å². The van der Waals surface area contributed by atoms with Gasteiger partial charge in [0.05, 0.1) is 5.92 Å². The minimum atomic E-state index is -1.97. The minimum absolute atomic E-state index is 0.102. The lowest BCUT2D eigenvalue weighted by atomic mass is 9.83. The summed E-state index contributed by atoms with van der Waals surface area (Å²) in [6.07, 6.45) is 0. The molecule has 0 aliphatic heterocycles. The van der Waals surface area contributed by atoms with Crippen LogP contribution in [0, 0.1) is 24.5 Å². The Morgan fingerprint density at radius 3 is 2.35 bits per heavy atom. The molecule has 1 aromatic rings. The van der Waals surface area contributed by atoms with Crippen LogP contribution in [0.1, 0.15) is 25.0 Å². The van der Waals surface area contributed by atoms with E-state index < -0.39 is 29.1 Å². The van der Waals surface area contributed by atoms with E-state index >= 15 is 0 Å². The Hall–Kier alpha value is -1.49. The van der Waals surface area contributed by atoms with E-state index in [1.54, 1.807) is 0 Å². The van der Waals surface area contributed by atoms with Crippen LogP contribution in [-0.4, -0.2) is 16.2 Å². The highest BCUT2D eigenvalue weighted by atomic mass is 19.1. The molecule has 2 N–H and O–H groups in total. The van der Waals surface area contributed by atoms with Crippen molar-refractivity contribution in [1.29, 1.82) is 0 Å². The number of rotatable bonds is 3. The number of aliphatic hydroxyl groups is 1. The van der Waals surface area contributed by atoms with E-state index in [2.05, 4.69) is 0 Å². The van der Waals surface area contributed by atoms with Gasteiger partial charge in [0.15, 0.2) is 0 Å². The zero-order valence-electron chi connectivity index (χ0n) is 9.79. The third kappa shape index (κ3) is 2.44. The molecule has 3 nitrogen and oxygen atoms in total. The van der Waals surface area contributed by atoms with Crippen LogP contribution in [0.4, 0.5) is 8.78 Å². The van der Waals surface area contributed by atoms with E-state index in [0.29, 0.717) is 0 Å². The molecule has 0 heterocycles. The molecule has 5 heteroatoms. The minimum Gasteiger partial charge on any atom is -0.481 e. The van der Waals surface area contributed by atoms with Crippen LogP contribution in [0.3, 0.4) is 0 Å². The molecule has 0 saturated heterocycles. The van der Waals surface area contributed by atoms with Crippen molar-refractivity contribution in [3.05, 3.63) is 34.9 Å². The average Bonchev–Trinajstić information content (AvgIpc) is 2.21. The molecule has 0 fully saturated rings. The van der Waals surface area contributed by atoms with Gasteiger partial charge in [0.1, 0.15) is 17.2 Å². The lowest BCUT2D eigenvalue weighted by molar-refractivity contribution is -0.150. The monoisotopic (exact) mass is 244 g/mol. The number of carbonyl (C=O) groups is 1. The second-order valence-electron chi connectivity index (χ2n) is 4.29. The number of aliphatic carboxylic acids is 1. The summed E-state index contributed by atoms with van der Waals surface area (Å²) >= 11 is 0. The summed E-state index contributed by atoms with van der Waals surface area (Å²) in [5.74, 6) is -4.03. The van der Waals surface area contributed by atoms with E-state index in [4.69, 9.17) is 5.11 Å². The molecule has 0 bridgehead atoms. The Kier molecular flexibility index (Phi) is 3.52. The van der Waals surface area contributed by atoms with Gasteiger partial charge in [0, 0.05) is 5.56 Å². The lowest BCUT2D eigenvalue weighted by Crippen LogP contribution is -2.36. The molecule has 2 atom stereocenters. The molecule has 0 aliphatic rings. The van der Waals surface area contributed by atoms with Crippen molar-refractivity contribution in [2.24, 2.45) is 5.92 Å². The summed E-state index contributed by atoms with van der Waals surface area (Å²) in [5.41, 5.74) is -2.22. The van der Waals surface area contributed by atoms with Gasteiger partial charge in [-0.15, -0.1) is 0 Å². The fourth-order valence-electron chi connectivity index (χ4n) is 1.51. The fourth-order valence-corrected chi connectivity index (χ4v) is 1.51. The molecule has 17 heavy (non-hydrogen) atoms. The van der Waals surface area contributed by atoms with Gasteiger partial charge in [-0.05, 0) is 38.5 Å². The predicted octanol–water partition coefficient (Wildman–Crippen LogP) is 2.20. The maximum Gasteiger partial charge on any atom is 0.309 e. The van der Waals surface area contributed by atoms with Crippen LogP contribution in [-0.2, 0) is 10.4 Å². The zero-order valence-corrected chi connectivity index (χ0v) is 9.79. The summed E-state index contributed by atoms with van der Waals surface area (Å²) in [7, 11) is 0. The van der Waals surface area contributed by atoms with E-state index in [1.165, 1.54) is 13.8 Å². The number of hydrogen-bond acceptors (Lipinski definition) is 2. The Labute approximate surface area is 97.7 Å². The third-order valence-corrected chi connectivity index (χ3v) is 3.01. The highest BCUT2D eigenvalue weighted by molar-refractivity contribution is 5.71. The maximum atomic E-state index is 13.6. The molecule has 1 aromatic carbocycles. The van der Waals surface area contributed by atoms with Gasteiger partial charge >= 0.3 is 5.97 Å². The van der Waals surface area contributed by atoms with Gasteiger partial charge in [0.2, 0.25) is 0 Å². The number of aryl methyl sites for hydroxylation is 1. The van der Waals surface area contributed by atoms with Gasteiger partial charge in [-0.25, -0.2) is 8.78 Å². The Bertz CT molecular complexity index is 455. The predicted molar refractivity (Wildman–Crippen MR) is 57.5 cm³/mol. The standard InChI is InChI=1S/C12H14F2O3/c1-6-4-10(14)8(5-9(6)13)12(3,17)7(2)11(15)16/h4-5,7,17H,1-3H3,(H,15,16). The topological polar surface area (TPSA) is 57.5 Å². The number of hydrogen-bond donors (Lipinski definition) is 2. The lowest BCUT2D eigenvalue weighted by Gasteiger charge is -2.28. The molecule has 1 rings (SSSR count). The molecule has 0 spiro atoms. The number of carboxylic acid groups (broad SMARTS) is 1. The zero-order chi connectivity index (χ0) is 13.4. The number of benzene rings is 1. The summed E-state index contributed by atoms with van der Waals surface area (Å²) in [4.78, 5) is 10.8. The molecule has 0 radical (unpaired) electrons. The van der Waals surface area contributed by atoms with Crippen LogP contribution in [0.25, 0.3) is 0 Å².